The monoisotopic (exact) mass is 309 g/mol. The largest absolute Gasteiger partial charge is 0.316 e. The van der Waals surface area contributed by atoms with E-state index in [0.29, 0.717) is 5.92 Å². The van der Waals surface area contributed by atoms with Gasteiger partial charge in [-0.05, 0) is 67.4 Å². The Morgan fingerprint density at radius 1 is 0.870 bits per heavy atom. The van der Waals surface area contributed by atoms with E-state index in [9.17, 15) is 0 Å². The number of rotatable bonds is 8. The van der Waals surface area contributed by atoms with Gasteiger partial charge < -0.3 is 5.32 Å². The predicted molar refractivity (Wildman–Crippen MR) is 101 cm³/mol. The number of aryl methyl sites for hydroxylation is 2. The van der Waals surface area contributed by atoms with Crippen LogP contribution < -0.4 is 5.32 Å². The Morgan fingerprint density at radius 3 is 2.22 bits per heavy atom. The molecule has 2 aromatic rings. The van der Waals surface area contributed by atoms with E-state index < -0.39 is 0 Å². The quantitative estimate of drug-likeness (QED) is 0.672. The topological polar surface area (TPSA) is 12.0 Å². The fraction of sp³-hybridized carbons (Fsp3) is 0.455. The Balaban J connectivity index is 1.74. The highest BCUT2D eigenvalue weighted by molar-refractivity contribution is 5.31. The van der Waals surface area contributed by atoms with E-state index in [1.807, 2.05) is 0 Å². The molecule has 0 fully saturated rings. The molecule has 0 amide bonds. The van der Waals surface area contributed by atoms with Gasteiger partial charge in [0.05, 0.1) is 0 Å². The number of hydrogen-bond acceptors (Lipinski definition) is 1. The maximum Gasteiger partial charge on any atom is -0.000812 e. The summed E-state index contributed by atoms with van der Waals surface area (Å²) >= 11 is 0. The van der Waals surface area contributed by atoms with E-state index in [1.54, 1.807) is 0 Å². The van der Waals surface area contributed by atoms with E-state index in [1.165, 1.54) is 27.8 Å². The normalized spacial score (nSPS) is 11.2. The molecule has 1 heteroatoms. The standard InChI is InChI=1S/C22H31N/c1-5-20-9-6-18(4)16-22(20)13-15-23-14-12-19-7-10-21(11-8-19)17(2)3/h6-11,16-17,23H,5,12-15H2,1-4H3. The van der Waals surface area contributed by atoms with Crippen LogP contribution in [0.3, 0.4) is 0 Å². The molecule has 23 heavy (non-hydrogen) atoms. The molecule has 0 aromatic heterocycles. The fourth-order valence-electron chi connectivity index (χ4n) is 2.98. The second kappa shape index (κ2) is 8.88. The highest BCUT2D eigenvalue weighted by Crippen LogP contribution is 2.15. The first-order valence-corrected chi connectivity index (χ1v) is 8.98. The molecule has 0 heterocycles. The zero-order valence-corrected chi connectivity index (χ0v) is 15.2. The summed E-state index contributed by atoms with van der Waals surface area (Å²) in [6, 6.07) is 15.9. The lowest BCUT2D eigenvalue weighted by Gasteiger charge is -2.11. The van der Waals surface area contributed by atoms with Crippen molar-refractivity contribution < 1.29 is 0 Å². The second-order valence-electron chi connectivity index (χ2n) is 6.77. The molecule has 1 nitrogen and oxygen atoms in total. The molecule has 1 N–H and O–H groups in total. The first-order chi connectivity index (χ1) is 11.1. The summed E-state index contributed by atoms with van der Waals surface area (Å²) < 4.78 is 0. The van der Waals surface area contributed by atoms with Crippen LogP contribution in [0.2, 0.25) is 0 Å². The average molecular weight is 309 g/mol. The molecule has 0 aliphatic rings. The van der Waals surface area contributed by atoms with Crippen LogP contribution in [-0.2, 0) is 19.3 Å². The molecular weight excluding hydrogens is 278 g/mol. The van der Waals surface area contributed by atoms with Crippen molar-refractivity contribution in [1.29, 1.82) is 0 Å². The van der Waals surface area contributed by atoms with Gasteiger partial charge in [-0.25, -0.2) is 0 Å². The van der Waals surface area contributed by atoms with Crippen LogP contribution >= 0.6 is 0 Å². The van der Waals surface area contributed by atoms with Gasteiger partial charge in [0.25, 0.3) is 0 Å². The van der Waals surface area contributed by atoms with Gasteiger partial charge in [0.1, 0.15) is 0 Å². The maximum absolute atomic E-state index is 3.59. The van der Waals surface area contributed by atoms with Gasteiger partial charge in [-0.2, -0.15) is 0 Å². The van der Waals surface area contributed by atoms with Gasteiger partial charge >= 0.3 is 0 Å². The van der Waals surface area contributed by atoms with E-state index in [4.69, 9.17) is 0 Å². The van der Waals surface area contributed by atoms with Gasteiger partial charge in [-0.15, -0.1) is 0 Å². The Hall–Kier alpha value is -1.60. The van der Waals surface area contributed by atoms with E-state index >= 15 is 0 Å². The van der Waals surface area contributed by atoms with Crippen LogP contribution in [0.1, 0.15) is 54.5 Å². The highest BCUT2D eigenvalue weighted by atomic mass is 14.8. The van der Waals surface area contributed by atoms with E-state index in [0.717, 1.165) is 32.4 Å². The van der Waals surface area contributed by atoms with Crippen molar-refractivity contribution in [3.05, 3.63) is 70.3 Å². The first-order valence-electron chi connectivity index (χ1n) is 8.98. The molecule has 124 valence electrons. The summed E-state index contributed by atoms with van der Waals surface area (Å²) in [6.45, 7) is 11.0. The van der Waals surface area contributed by atoms with Crippen molar-refractivity contribution in [2.45, 2.75) is 52.9 Å². The predicted octanol–water partition coefficient (Wildman–Crippen LogP) is 5.06. The highest BCUT2D eigenvalue weighted by Gasteiger charge is 2.02. The van der Waals surface area contributed by atoms with Gasteiger partial charge in [0, 0.05) is 0 Å². The molecule has 0 saturated heterocycles. The second-order valence-corrected chi connectivity index (χ2v) is 6.77. The van der Waals surface area contributed by atoms with Gasteiger partial charge in [0.15, 0.2) is 0 Å². The fourth-order valence-corrected chi connectivity index (χ4v) is 2.98. The Bertz CT molecular complexity index is 596. The van der Waals surface area contributed by atoms with E-state index in [-0.39, 0.29) is 0 Å². The minimum absolute atomic E-state index is 0.615. The SMILES string of the molecule is CCc1ccc(C)cc1CCNCCc1ccc(C(C)C)cc1. The average Bonchev–Trinajstić information content (AvgIpc) is 2.55. The summed E-state index contributed by atoms with van der Waals surface area (Å²) in [5, 5.41) is 3.59. The molecule has 0 atom stereocenters. The van der Waals surface area contributed by atoms with Crippen LogP contribution in [0.4, 0.5) is 0 Å². The Morgan fingerprint density at radius 2 is 1.57 bits per heavy atom. The molecular formula is C22H31N. The molecule has 0 aliphatic heterocycles. The Labute approximate surface area is 142 Å². The molecule has 0 saturated carbocycles. The van der Waals surface area contributed by atoms with Crippen molar-refractivity contribution in [3.63, 3.8) is 0 Å². The third kappa shape index (κ3) is 5.51. The van der Waals surface area contributed by atoms with Crippen LogP contribution in [0.5, 0.6) is 0 Å². The summed E-state index contributed by atoms with van der Waals surface area (Å²) in [5.74, 6) is 0.615. The summed E-state index contributed by atoms with van der Waals surface area (Å²) in [7, 11) is 0. The van der Waals surface area contributed by atoms with Crippen molar-refractivity contribution in [2.75, 3.05) is 13.1 Å². The van der Waals surface area contributed by atoms with Crippen LogP contribution in [0.15, 0.2) is 42.5 Å². The molecule has 2 rings (SSSR count). The minimum Gasteiger partial charge on any atom is -0.316 e. The molecule has 0 aliphatic carbocycles. The molecule has 0 unspecified atom stereocenters. The smallest absolute Gasteiger partial charge is 0.000812 e. The summed E-state index contributed by atoms with van der Waals surface area (Å²) in [5.41, 5.74) is 7.20. The van der Waals surface area contributed by atoms with Crippen molar-refractivity contribution >= 4 is 0 Å². The van der Waals surface area contributed by atoms with Crippen molar-refractivity contribution in [3.8, 4) is 0 Å². The Kier molecular flexibility index (Phi) is 6.85. The summed E-state index contributed by atoms with van der Waals surface area (Å²) in [6.07, 6.45) is 3.35. The number of hydrogen-bond donors (Lipinski definition) is 1. The lowest BCUT2D eigenvalue weighted by atomic mass is 10.00. The first kappa shape index (κ1) is 17.7. The van der Waals surface area contributed by atoms with Gasteiger partial charge in [-0.3, -0.25) is 0 Å². The van der Waals surface area contributed by atoms with Gasteiger partial charge in [0.2, 0.25) is 0 Å². The number of nitrogens with one attached hydrogen (secondary N) is 1. The lowest BCUT2D eigenvalue weighted by molar-refractivity contribution is 0.679. The van der Waals surface area contributed by atoms with Crippen LogP contribution in [0.25, 0.3) is 0 Å². The zero-order valence-electron chi connectivity index (χ0n) is 15.2. The maximum atomic E-state index is 3.59. The van der Waals surface area contributed by atoms with Crippen molar-refractivity contribution in [2.24, 2.45) is 0 Å². The van der Waals surface area contributed by atoms with Crippen LogP contribution in [-0.4, -0.2) is 13.1 Å². The summed E-state index contributed by atoms with van der Waals surface area (Å²) in [4.78, 5) is 0. The van der Waals surface area contributed by atoms with Crippen molar-refractivity contribution in [1.82, 2.24) is 5.32 Å². The molecule has 0 bridgehead atoms. The lowest BCUT2D eigenvalue weighted by Crippen LogP contribution is -2.20. The molecule has 2 aromatic carbocycles. The molecule has 0 radical (unpaired) electrons. The third-order valence-corrected chi connectivity index (χ3v) is 4.55. The van der Waals surface area contributed by atoms with Crippen LogP contribution in [0, 0.1) is 6.92 Å². The zero-order chi connectivity index (χ0) is 16.7. The number of benzene rings is 2. The van der Waals surface area contributed by atoms with E-state index in [2.05, 4.69) is 75.5 Å². The third-order valence-electron chi connectivity index (χ3n) is 4.55. The minimum atomic E-state index is 0.615. The molecule has 0 spiro atoms. The van der Waals surface area contributed by atoms with Gasteiger partial charge in [-0.1, -0.05) is 68.8 Å².